The van der Waals surface area contributed by atoms with Crippen molar-refractivity contribution < 1.29 is 65.6 Å². The SMILES string of the molecule is O=C(O)C(F)(F)F.O=C(O)C(F)(F)F.[Ru]. The van der Waals surface area contributed by atoms with Crippen LogP contribution in [-0.4, -0.2) is 34.5 Å². The van der Waals surface area contributed by atoms with E-state index in [0.717, 1.165) is 0 Å². The van der Waals surface area contributed by atoms with Gasteiger partial charge >= 0.3 is 24.3 Å². The third-order valence-corrected chi connectivity index (χ3v) is 0.485. The fourth-order valence-electron chi connectivity index (χ4n) is 0. The Hall–Kier alpha value is -0.857. The van der Waals surface area contributed by atoms with E-state index in [1.165, 1.54) is 0 Å². The van der Waals surface area contributed by atoms with Crippen LogP contribution in [0, 0.1) is 0 Å². The van der Waals surface area contributed by atoms with E-state index in [1.807, 2.05) is 0 Å². The number of rotatable bonds is 0. The first kappa shape index (κ1) is 19.7. The Morgan fingerprint density at radius 1 is 0.733 bits per heavy atom. The largest absolute Gasteiger partial charge is 0.490 e. The van der Waals surface area contributed by atoms with Crippen molar-refractivity contribution >= 4 is 11.9 Å². The van der Waals surface area contributed by atoms with Crippen LogP contribution in [-0.2, 0) is 29.1 Å². The average molecular weight is 329 g/mol. The zero-order valence-corrected chi connectivity index (χ0v) is 8.07. The van der Waals surface area contributed by atoms with E-state index < -0.39 is 24.3 Å². The van der Waals surface area contributed by atoms with Crippen molar-refractivity contribution in [1.29, 1.82) is 0 Å². The molecule has 0 aromatic carbocycles. The van der Waals surface area contributed by atoms with Gasteiger partial charge in [0, 0.05) is 19.5 Å². The van der Waals surface area contributed by atoms with Crippen LogP contribution in [0.15, 0.2) is 0 Å². The topological polar surface area (TPSA) is 74.6 Å². The normalized spacial score (nSPS) is 10.5. The van der Waals surface area contributed by atoms with E-state index in [2.05, 4.69) is 0 Å². The van der Waals surface area contributed by atoms with Crippen molar-refractivity contribution in [2.75, 3.05) is 0 Å². The minimum atomic E-state index is -5.08. The molecule has 0 amide bonds. The van der Waals surface area contributed by atoms with Crippen molar-refractivity contribution in [3.05, 3.63) is 0 Å². The van der Waals surface area contributed by atoms with Gasteiger partial charge in [0.2, 0.25) is 0 Å². The third kappa shape index (κ3) is 13.1. The maximum atomic E-state index is 10.6. The number of halogens is 6. The van der Waals surface area contributed by atoms with Crippen LogP contribution in [0.5, 0.6) is 0 Å². The molecule has 0 rings (SSSR count). The van der Waals surface area contributed by atoms with Crippen LogP contribution in [0.2, 0.25) is 0 Å². The fourth-order valence-corrected chi connectivity index (χ4v) is 0. The number of alkyl halides is 6. The van der Waals surface area contributed by atoms with Crippen LogP contribution in [0.25, 0.3) is 0 Å². The minimum Gasteiger partial charge on any atom is -0.475 e. The summed E-state index contributed by atoms with van der Waals surface area (Å²) in [6, 6.07) is 0. The van der Waals surface area contributed by atoms with Gasteiger partial charge in [0.05, 0.1) is 0 Å². The second-order valence-electron chi connectivity index (χ2n) is 1.61. The number of carbonyl (C=O) groups is 2. The van der Waals surface area contributed by atoms with Crippen LogP contribution in [0.3, 0.4) is 0 Å². The number of hydrogen-bond donors (Lipinski definition) is 2. The van der Waals surface area contributed by atoms with Crippen LogP contribution < -0.4 is 0 Å². The average Bonchev–Trinajstić information content (AvgIpc) is 1.83. The van der Waals surface area contributed by atoms with Gasteiger partial charge in [-0.3, -0.25) is 0 Å². The number of carboxylic acid groups (broad SMARTS) is 2. The van der Waals surface area contributed by atoms with Crippen molar-refractivity contribution in [1.82, 2.24) is 0 Å². The molecule has 0 aliphatic heterocycles. The fraction of sp³-hybridized carbons (Fsp3) is 0.500. The molecule has 0 aliphatic carbocycles. The molecule has 0 aromatic rings. The number of aliphatic carboxylic acids is 2. The minimum absolute atomic E-state index is 0. The summed E-state index contributed by atoms with van der Waals surface area (Å²) in [6.07, 6.45) is -10.2. The summed E-state index contributed by atoms with van der Waals surface area (Å²) in [7, 11) is 0. The Labute approximate surface area is 90.6 Å². The maximum absolute atomic E-state index is 10.6. The standard InChI is InChI=1S/2C2HF3O2.Ru/c2*3-2(4,5)1(6)7;/h2*(H,6,7);. The van der Waals surface area contributed by atoms with Crippen molar-refractivity contribution in [2.24, 2.45) is 0 Å². The predicted molar refractivity (Wildman–Crippen MR) is 27.4 cm³/mol. The zero-order valence-electron chi connectivity index (χ0n) is 6.33. The molecular weight excluding hydrogens is 327 g/mol. The van der Waals surface area contributed by atoms with Crippen LogP contribution >= 0.6 is 0 Å². The van der Waals surface area contributed by atoms with Gasteiger partial charge in [-0.05, 0) is 0 Å². The van der Waals surface area contributed by atoms with E-state index in [-0.39, 0.29) is 19.5 Å². The Morgan fingerprint density at radius 2 is 0.800 bits per heavy atom. The van der Waals surface area contributed by atoms with Crippen molar-refractivity contribution in [3.63, 3.8) is 0 Å². The molecule has 15 heavy (non-hydrogen) atoms. The molecule has 92 valence electrons. The number of carboxylic acids is 2. The monoisotopic (exact) mass is 330 g/mol. The van der Waals surface area contributed by atoms with Gasteiger partial charge in [-0.15, -0.1) is 0 Å². The molecule has 0 saturated heterocycles. The third-order valence-electron chi connectivity index (χ3n) is 0.485. The van der Waals surface area contributed by atoms with Gasteiger partial charge in [-0.25, -0.2) is 9.59 Å². The second kappa shape index (κ2) is 6.59. The van der Waals surface area contributed by atoms with Crippen molar-refractivity contribution in [2.45, 2.75) is 12.4 Å². The van der Waals surface area contributed by atoms with Gasteiger partial charge in [-0.2, -0.15) is 26.3 Å². The van der Waals surface area contributed by atoms with Gasteiger partial charge in [0.1, 0.15) is 0 Å². The molecule has 0 aliphatic rings. The summed E-state index contributed by atoms with van der Waals surface area (Å²) in [5.74, 6) is -5.51. The molecule has 11 heteroatoms. The van der Waals surface area contributed by atoms with E-state index >= 15 is 0 Å². The molecule has 0 unspecified atom stereocenters. The van der Waals surface area contributed by atoms with E-state index in [4.69, 9.17) is 19.8 Å². The zero-order chi connectivity index (χ0) is 12.2. The predicted octanol–water partition coefficient (Wildman–Crippen LogP) is 1.26. The molecule has 0 heterocycles. The second-order valence-corrected chi connectivity index (χ2v) is 1.61. The summed E-state index contributed by atoms with van der Waals surface area (Å²) in [4.78, 5) is 17.8. The molecule has 4 nitrogen and oxygen atoms in total. The number of hydrogen-bond acceptors (Lipinski definition) is 2. The summed E-state index contributed by atoms with van der Waals surface area (Å²) >= 11 is 0. The van der Waals surface area contributed by atoms with Gasteiger partial charge in [-0.1, -0.05) is 0 Å². The molecule has 0 saturated carbocycles. The molecule has 0 bridgehead atoms. The molecule has 0 radical (unpaired) electrons. The molecule has 0 atom stereocenters. The molecule has 0 fully saturated rings. The quantitative estimate of drug-likeness (QED) is 0.518. The molecule has 0 aromatic heterocycles. The molecular formula is C4H2F6O4Ru. The van der Waals surface area contributed by atoms with Gasteiger partial charge in [0.15, 0.2) is 0 Å². The van der Waals surface area contributed by atoms with Crippen molar-refractivity contribution in [3.8, 4) is 0 Å². The van der Waals surface area contributed by atoms with E-state index in [9.17, 15) is 26.3 Å². The van der Waals surface area contributed by atoms with Gasteiger partial charge < -0.3 is 10.2 Å². The first-order valence-electron chi connectivity index (χ1n) is 2.49. The van der Waals surface area contributed by atoms with E-state index in [1.54, 1.807) is 0 Å². The Balaban J connectivity index is -0.000000180. The summed E-state index contributed by atoms with van der Waals surface area (Å²) in [5, 5.41) is 14.2. The summed E-state index contributed by atoms with van der Waals surface area (Å²) in [5.41, 5.74) is 0. The van der Waals surface area contributed by atoms with Crippen LogP contribution in [0.1, 0.15) is 0 Å². The Kier molecular flexibility index (Phi) is 8.65. The van der Waals surface area contributed by atoms with Crippen LogP contribution in [0.4, 0.5) is 26.3 Å². The summed E-state index contributed by atoms with van der Waals surface area (Å²) < 4.78 is 63.5. The van der Waals surface area contributed by atoms with Gasteiger partial charge in [0.25, 0.3) is 0 Å². The first-order chi connectivity index (χ1) is 5.89. The Morgan fingerprint density at radius 3 is 0.800 bits per heavy atom. The van der Waals surface area contributed by atoms with E-state index in [0.29, 0.717) is 0 Å². The summed E-state index contributed by atoms with van der Waals surface area (Å²) in [6.45, 7) is 0. The smallest absolute Gasteiger partial charge is 0.475 e. The molecule has 2 N–H and O–H groups in total. The first-order valence-corrected chi connectivity index (χ1v) is 2.49. The molecule has 0 spiro atoms. The maximum Gasteiger partial charge on any atom is 0.490 e. The Bertz CT molecular complexity index is 196.